The summed E-state index contributed by atoms with van der Waals surface area (Å²) in [6.45, 7) is 6.82. The molecule has 0 bridgehead atoms. The minimum absolute atomic E-state index is 0. The number of hydrogen-bond donors (Lipinski definition) is 3. The number of hydrogen-bond acceptors (Lipinski definition) is 5. The van der Waals surface area contributed by atoms with E-state index < -0.39 is 10.8 Å². The monoisotopic (exact) mass is 316 g/mol. The summed E-state index contributed by atoms with van der Waals surface area (Å²) < 4.78 is 0. The summed E-state index contributed by atoms with van der Waals surface area (Å²) in [6, 6.07) is 3.02. The molecule has 8 heteroatoms. The van der Waals surface area contributed by atoms with E-state index in [9.17, 15) is 14.9 Å². The number of benzene rings is 1. The van der Waals surface area contributed by atoms with Crippen molar-refractivity contribution in [3.05, 3.63) is 33.4 Å². The van der Waals surface area contributed by atoms with Gasteiger partial charge in [0.05, 0.1) is 10.5 Å². The molecule has 1 amide bonds. The number of nitrogens with one attached hydrogen (secondary N) is 2. The van der Waals surface area contributed by atoms with E-state index >= 15 is 0 Å². The molecule has 0 aliphatic rings. The van der Waals surface area contributed by atoms with Crippen LogP contribution < -0.4 is 16.4 Å². The normalized spacial score (nSPS) is 11.4. The number of amides is 1. The van der Waals surface area contributed by atoms with Gasteiger partial charge in [0.2, 0.25) is 0 Å². The largest absolute Gasteiger partial charge is 0.393 e. The highest BCUT2D eigenvalue weighted by molar-refractivity contribution is 6.01. The van der Waals surface area contributed by atoms with Gasteiger partial charge in [0.15, 0.2) is 0 Å². The molecule has 1 aromatic rings. The highest BCUT2D eigenvalue weighted by Crippen LogP contribution is 2.26. The lowest BCUT2D eigenvalue weighted by Gasteiger charge is -2.14. The molecule has 1 aromatic carbocycles. The molecule has 4 N–H and O–H groups in total. The zero-order valence-corrected chi connectivity index (χ0v) is 13.1. The summed E-state index contributed by atoms with van der Waals surface area (Å²) in [4.78, 5) is 22.4. The minimum atomic E-state index is -0.583. The molecule has 1 atom stereocenters. The second-order valence-corrected chi connectivity index (χ2v) is 4.67. The number of aryl methyl sites for hydroxylation is 1. The fourth-order valence-electron chi connectivity index (χ4n) is 1.88. The summed E-state index contributed by atoms with van der Waals surface area (Å²) in [5.74, 6) is -0.404. The van der Waals surface area contributed by atoms with Crippen LogP contribution in [0.25, 0.3) is 0 Å². The van der Waals surface area contributed by atoms with E-state index in [-0.39, 0.29) is 35.4 Å². The van der Waals surface area contributed by atoms with Crippen molar-refractivity contribution in [1.82, 2.24) is 10.6 Å². The van der Waals surface area contributed by atoms with Crippen LogP contribution in [0, 0.1) is 17.0 Å². The molecule has 0 unspecified atom stereocenters. The van der Waals surface area contributed by atoms with E-state index in [2.05, 4.69) is 10.6 Å². The summed E-state index contributed by atoms with van der Waals surface area (Å²) >= 11 is 0. The lowest BCUT2D eigenvalue weighted by atomic mass is 10.1. The topological polar surface area (TPSA) is 110 Å². The summed E-state index contributed by atoms with van der Waals surface area (Å²) in [6.07, 6.45) is 0. The average Bonchev–Trinajstić information content (AvgIpc) is 2.38. The molecule has 7 nitrogen and oxygen atoms in total. The molecule has 118 valence electrons. The quantitative estimate of drug-likeness (QED) is 0.420. The number of nitrogen functional groups attached to an aromatic ring is 1. The van der Waals surface area contributed by atoms with Crippen LogP contribution in [-0.2, 0) is 0 Å². The van der Waals surface area contributed by atoms with E-state index in [0.29, 0.717) is 12.1 Å². The van der Waals surface area contributed by atoms with E-state index in [4.69, 9.17) is 5.73 Å². The predicted octanol–water partition coefficient (Wildman–Crippen LogP) is 1.64. The van der Waals surface area contributed by atoms with Gasteiger partial charge in [0.1, 0.15) is 5.69 Å². The molecule has 0 aliphatic heterocycles. The number of carbonyl (C=O) groups is 1. The summed E-state index contributed by atoms with van der Waals surface area (Å²) in [7, 11) is 0. The van der Waals surface area contributed by atoms with Crippen molar-refractivity contribution >= 4 is 29.7 Å². The Hall–Kier alpha value is -1.86. The number of halogens is 1. The zero-order valence-electron chi connectivity index (χ0n) is 12.3. The Morgan fingerprint density at radius 2 is 2.10 bits per heavy atom. The third kappa shape index (κ3) is 5.20. The fourth-order valence-corrected chi connectivity index (χ4v) is 1.88. The van der Waals surface area contributed by atoms with Gasteiger partial charge in [-0.15, -0.1) is 12.4 Å². The number of nitrogens with two attached hydrogens (primary N) is 1. The van der Waals surface area contributed by atoms with Gasteiger partial charge < -0.3 is 16.4 Å². The van der Waals surface area contributed by atoms with Gasteiger partial charge >= 0.3 is 0 Å². The zero-order chi connectivity index (χ0) is 15.3. The van der Waals surface area contributed by atoms with Crippen LogP contribution in [0.2, 0.25) is 0 Å². The molecule has 0 fully saturated rings. The van der Waals surface area contributed by atoms with Crippen molar-refractivity contribution in [2.24, 2.45) is 0 Å². The molecule has 0 aliphatic carbocycles. The number of nitro benzene ring substituents is 1. The number of anilines is 1. The van der Waals surface area contributed by atoms with E-state index in [1.54, 1.807) is 13.0 Å². The van der Waals surface area contributed by atoms with Crippen LogP contribution in [0.5, 0.6) is 0 Å². The first kappa shape index (κ1) is 19.1. The highest BCUT2D eigenvalue weighted by atomic mass is 35.5. The standard InChI is InChI=1S/C13H20N4O3.ClH/c1-4-15-9(3)7-16-13(18)10-5-8(2)6-11(12(10)14)17(19)20;/h5-6,9,15H,4,7,14H2,1-3H3,(H,16,18);1H/t9-;/m1./s1. The maximum atomic E-state index is 12.1. The number of likely N-dealkylation sites (N-methyl/N-ethyl adjacent to an activating group) is 1. The number of nitrogens with zero attached hydrogens (tertiary/aromatic N) is 1. The van der Waals surface area contributed by atoms with Crippen LogP contribution in [0.3, 0.4) is 0 Å². The third-order valence-electron chi connectivity index (χ3n) is 2.87. The molecule has 0 saturated heterocycles. The fraction of sp³-hybridized carbons (Fsp3) is 0.462. The van der Waals surface area contributed by atoms with Crippen LogP contribution in [0.1, 0.15) is 29.8 Å². The van der Waals surface area contributed by atoms with Gasteiger partial charge in [-0.2, -0.15) is 0 Å². The lowest BCUT2D eigenvalue weighted by molar-refractivity contribution is -0.384. The Labute approximate surface area is 129 Å². The van der Waals surface area contributed by atoms with Crippen molar-refractivity contribution in [2.75, 3.05) is 18.8 Å². The van der Waals surface area contributed by atoms with Crippen LogP contribution >= 0.6 is 12.4 Å². The van der Waals surface area contributed by atoms with Crippen molar-refractivity contribution in [1.29, 1.82) is 0 Å². The maximum absolute atomic E-state index is 12.1. The predicted molar refractivity (Wildman–Crippen MR) is 85.0 cm³/mol. The molecule has 0 heterocycles. The SMILES string of the molecule is CCN[C@H](C)CNC(=O)c1cc(C)cc([N+](=O)[O-])c1N.Cl. The second-order valence-electron chi connectivity index (χ2n) is 4.67. The highest BCUT2D eigenvalue weighted by Gasteiger charge is 2.20. The maximum Gasteiger partial charge on any atom is 0.293 e. The van der Waals surface area contributed by atoms with Crippen molar-refractivity contribution in [3.8, 4) is 0 Å². The van der Waals surface area contributed by atoms with E-state index in [0.717, 1.165) is 6.54 Å². The van der Waals surface area contributed by atoms with Crippen molar-refractivity contribution in [3.63, 3.8) is 0 Å². The first-order valence-corrected chi connectivity index (χ1v) is 6.42. The Balaban J connectivity index is 0.00000400. The summed E-state index contributed by atoms with van der Waals surface area (Å²) in [5.41, 5.74) is 6.12. The molecular weight excluding hydrogens is 296 g/mol. The Morgan fingerprint density at radius 1 is 1.48 bits per heavy atom. The van der Waals surface area contributed by atoms with E-state index in [1.165, 1.54) is 6.07 Å². The van der Waals surface area contributed by atoms with Gasteiger partial charge in [0, 0.05) is 18.7 Å². The molecule has 0 radical (unpaired) electrons. The summed E-state index contributed by atoms with van der Waals surface area (Å²) in [5, 5.41) is 16.8. The van der Waals surface area contributed by atoms with Gasteiger partial charge in [0.25, 0.3) is 11.6 Å². The molecule has 1 rings (SSSR count). The number of nitro groups is 1. The third-order valence-corrected chi connectivity index (χ3v) is 2.87. The molecule has 0 spiro atoms. The molecular formula is C13H21ClN4O3. The van der Waals surface area contributed by atoms with Gasteiger partial charge in [-0.05, 0) is 32.0 Å². The van der Waals surface area contributed by atoms with Gasteiger partial charge in [-0.1, -0.05) is 6.92 Å². The van der Waals surface area contributed by atoms with E-state index in [1.807, 2.05) is 13.8 Å². The average molecular weight is 317 g/mol. The smallest absolute Gasteiger partial charge is 0.293 e. The Bertz CT molecular complexity index is 522. The second kappa shape index (κ2) is 8.43. The first-order chi connectivity index (χ1) is 9.36. The van der Waals surface area contributed by atoms with Crippen molar-refractivity contribution < 1.29 is 9.72 Å². The molecule has 21 heavy (non-hydrogen) atoms. The van der Waals surface area contributed by atoms with Gasteiger partial charge in [-0.3, -0.25) is 14.9 Å². The number of carbonyl (C=O) groups excluding carboxylic acids is 1. The molecule has 0 aromatic heterocycles. The number of rotatable bonds is 6. The van der Waals surface area contributed by atoms with Crippen LogP contribution in [0.4, 0.5) is 11.4 Å². The van der Waals surface area contributed by atoms with Crippen LogP contribution in [-0.4, -0.2) is 30.0 Å². The Kier molecular flexibility index (Phi) is 7.69. The van der Waals surface area contributed by atoms with Gasteiger partial charge in [-0.25, -0.2) is 0 Å². The first-order valence-electron chi connectivity index (χ1n) is 6.42. The molecule has 0 saturated carbocycles. The van der Waals surface area contributed by atoms with Crippen LogP contribution in [0.15, 0.2) is 12.1 Å². The Morgan fingerprint density at radius 3 is 2.62 bits per heavy atom. The minimum Gasteiger partial charge on any atom is -0.393 e. The van der Waals surface area contributed by atoms with Crippen molar-refractivity contribution in [2.45, 2.75) is 26.8 Å². The lowest BCUT2D eigenvalue weighted by Crippen LogP contribution is -2.39.